The highest BCUT2D eigenvalue weighted by Crippen LogP contribution is 1.97. The fourth-order valence-electron chi connectivity index (χ4n) is 0.640. The summed E-state index contributed by atoms with van der Waals surface area (Å²) in [6.07, 6.45) is 0.750. The lowest BCUT2D eigenvalue weighted by molar-refractivity contribution is -0.119. The third-order valence-electron chi connectivity index (χ3n) is 1.32. The number of aliphatic hydroxyl groups excluding tert-OH is 1. The molecule has 0 spiro atoms. The molecule has 1 atom stereocenters. The first-order valence-corrected chi connectivity index (χ1v) is 3.52. The quantitative estimate of drug-likeness (QED) is 0.591. The average Bonchev–Trinajstić information content (AvgIpc) is 1.85. The van der Waals surface area contributed by atoms with E-state index in [1.165, 1.54) is 6.92 Å². The van der Waals surface area contributed by atoms with E-state index in [9.17, 15) is 4.79 Å². The zero-order chi connectivity index (χ0) is 7.98. The third-order valence-corrected chi connectivity index (χ3v) is 1.32. The van der Waals surface area contributed by atoms with Gasteiger partial charge in [0.2, 0.25) is 5.91 Å². The van der Waals surface area contributed by atoms with Crippen LogP contribution in [0.5, 0.6) is 0 Å². The molecule has 0 heterocycles. The molecule has 0 aromatic heterocycles. The van der Waals surface area contributed by atoms with Crippen LogP contribution in [0.4, 0.5) is 0 Å². The molecule has 1 unspecified atom stereocenters. The summed E-state index contributed by atoms with van der Waals surface area (Å²) in [6.45, 7) is 4.34. The molecule has 10 heavy (non-hydrogen) atoms. The van der Waals surface area contributed by atoms with Crippen LogP contribution in [0.3, 0.4) is 0 Å². The van der Waals surface area contributed by atoms with Crippen molar-refractivity contribution in [3.05, 3.63) is 0 Å². The van der Waals surface area contributed by atoms with Gasteiger partial charge in [0.15, 0.2) is 0 Å². The minimum atomic E-state index is -0.00945. The van der Waals surface area contributed by atoms with Gasteiger partial charge in [0.1, 0.15) is 0 Å². The third kappa shape index (κ3) is 5.56. The van der Waals surface area contributed by atoms with Crippen LogP contribution < -0.4 is 5.32 Å². The number of carbonyl (C=O) groups is 1. The monoisotopic (exact) mass is 145 g/mol. The van der Waals surface area contributed by atoms with Crippen molar-refractivity contribution in [2.24, 2.45) is 5.92 Å². The number of aliphatic hydroxyl groups is 1. The zero-order valence-corrected chi connectivity index (χ0v) is 6.55. The maximum atomic E-state index is 10.4. The summed E-state index contributed by atoms with van der Waals surface area (Å²) in [5.74, 6) is 0.360. The van der Waals surface area contributed by atoms with Crippen LogP contribution in [0.1, 0.15) is 20.3 Å². The van der Waals surface area contributed by atoms with Gasteiger partial charge in [-0.15, -0.1) is 0 Å². The molecule has 0 bridgehead atoms. The van der Waals surface area contributed by atoms with Crippen LogP contribution in [0.2, 0.25) is 0 Å². The minimum Gasteiger partial charge on any atom is -0.396 e. The van der Waals surface area contributed by atoms with Gasteiger partial charge in [-0.1, -0.05) is 6.92 Å². The molecule has 0 saturated heterocycles. The van der Waals surface area contributed by atoms with E-state index in [1.54, 1.807) is 0 Å². The lowest BCUT2D eigenvalue weighted by atomic mass is 10.1. The Morgan fingerprint density at radius 1 is 1.70 bits per heavy atom. The van der Waals surface area contributed by atoms with Crippen molar-refractivity contribution in [3.8, 4) is 0 Å². The van der Waals surface area contributed by atoms with Gasteiger partial charge in [0, 0.05) is 20.1 Å². The number of hydrogen-bond donors (Lipinski definition) is 2. The van der Waals surface area contributed by atoms with Crippen molar-refractivity contribution in [1.29, 1.82) is 0 Å². The second kappa shape index (κ2) is 5.23. The Balaban J connectivity index is 3.21. The molecule has 0 aliphatic rings. The largest absolute Gasteiger partial charge is 0.396 e. The number of carbonyl (C=O) groups excluding carboxylic acids is 1. The van der Waals surface area contributed by atoms with Gasteiger partial charge in [0.25, 0.3) is 0 Å². The second-order valence-corrected chi connectivity index (χ2v) is 2.55. The normalized spacial score (nSPS) is 12.7. The van der Waals surface area contributed by atoms with E-state index in [0.29, 0.717) is 12.5 Å². The molecule has 0 radical (unpaired) electrons. The van der Waals surface area contributed by atoms with Crippen LogP contribution in [0.25, 0.3) is 0 Å². The van der Waals surface area contributed by atoms with Gasteiger partial charge in [-0.3, -0.25) is 4.79 Å². The highest BCUT2D eigenvalue weighted by atomic mass is 16.3. The first-order chi connectivity index (χ1) is 4.66. The van der Waals surface area contributed by atoms with Crippen LogP contribution in [-0.2, 0) is 4.79 Å². The Hall–Kier alpha value is -0.570. The summed E-state index contributed by atoms with van der Waals surface area (Å²) in [4.78, 5) is 10.4. The first kappa shape index (κ1) is 9.43. The van der Waals surface area contributed by atoms with E-state index in [0.717, 1.165) is 6.42 Å². The molecular formula is C7H15NO2. The lowest BCUT2D eigenvalue weighted by Gasteiger charge is -2.08. The summed E-state index contributed by atoms with van der Waals surface area (Å²) in [6, 6.07) is 0. The zero-order valence-electron chi connectivity index (χ0n) is 6.55. The smallest absolute Gasteiger partial charge is 0.216 e. The molecule has 0 aliphatic carbocycles. The molecular weight excluding hydrogens is 130 g/mol. The van der Waals surface area contributed by atoms with E-state index in [-0.39, 0.29) is 12.5 Å². The van der Waals surface area contributed by atoms with Crippen molar-refractivity contribution >= 4 is 5.91 Å². The van der Waals surface area contributed by atoms with Gasteiger partial charge >= 0.3 is 0 Å². The Bertz CT molecular complexity index is 104. The maximum absolute atomic E-state index is 10.4. The highest BCUT2D eigenvalue weighted by molar-refractivity contribution is 5.72. The first-order valence-electron chi connectivity index (χ1n) is 3.52. The van der Waals surface area contributed by atoms with Crippen molar-refractivity contribution in [1.82, 2.24) is 5.32 Å². The topological polar surface area (TPSA) is 49.3 Å². The van der Waals surface area contributed by atoms with Crippen LogP contribution in [0, 0.1) is 5.92 Å². The molecule has 0 aromatic carbocycles. The molecule has 0 aromatic rings. The van der Waals surface area contributed by atoms with Gasteiger partial charge in [-0.05, 0) is 12.3 Å². The van der Waals surface area contributed by atoms with E-state index < -0.39 is 0 Å². The Morgan fingerprint density at radius 3 is 2.70 bits per heavy atom. The molecule has 3 heteroatoms. The summed E-state index contributed by atoms with van der Waals surface area (Å²) >= 11 is 0. The van der Waals surface area contributed by atoms with E-state index in [1.807, 2.05) is 6.92 Å². The maximum Gasteiger partial charge on any atom is 0.216 e. The SMILES string of the molecule is CC(=O)NCC(C)CCO. The summed E-state index contributed by atoms with van der Waals surface area (Å²) < 4.78 is 0. The molecule has 1 amide bonds. The fraction of sp³-hybridized carbons (Fsp3) is 0.857. The molecule has 0 rings (SSSR count). The number of rotatable bonds is 4. The van der Waals surface area contributed by atoms with E-state index in [4.69, 9.17) is 5.11 Å². The van der Waals surface area contributed by atoms with Gasteiger partial charge < -0.3 is 10.4 Å². The Kier molecular flexibility index (Phi) is 4.94. The predicted octanol–water partition coefficient (Wildman–Crippen LogP) is 0.141. The molecule has 2 N–H and O–H groups in total. The number of nitrogens with one attached hydrogen (secondary N) is 1. The Morgan fingerprint density at radius 2 is 2.30 bits per heavy atom. The van der Waals surface area contributed by atoms with Crippen LogP contribution in [0.15, 0.2) is 0 Å². The molecule has 0 aliphatic heterocycles. The van der Waals surface area contributed by atoms with Crippen molar-refractivity contribution in [2.45, 2.75) is 20.3 Å². The highest BCUT2D eigenvalue weighted by Gasteiger charge is 2.00. The number of hydrogen-bond acceptors (Lipinski definition) is 2. The second-order valence-electron chi connectivity index (χ2n) is 2.55. The Labute approximate surface area is 61.4 Å². The van der Waals surface area contributed by atoms with Crippen LogP contribution >= 0.6 is 0 Å². The van der Waals surface area contributed by atoms with Crippen LogP contribution in [-0.4, -0.2) is 24.2 Å². The molecule has 3 nitrogen and oxygen atoms in total. The standard InChI is InChI=1S/C7H15NO2/c1-6(3-4-9)5-8-7(2)10/h6,9H,3-5H2,1-2H3,(H,8,10). The van der Waals surface area contributed by atoms with Crippen molar-refractivity contribution < 1.29 is 9.90 Å². The van der Waals surface area contributed by atoms with E-state index >= 15 is 0 Å². The lowest BCUT2D eigenvalue weighted by Crippen LogP contribution is -2.26. The van der Waals surface area contributed by atoms with Gasteiger partial charge in [-0.2, -0.15) is 0 Å². The van der Waals surface area contributed by atoms with Gasteiger partial charge in [-0.25, -0.2) is 0 Å². The predicted molar refractivity (Wildman–Crippen MR) is 39.6 cm³/mol. The fourth-order valence-corrected chi connectivity index (χ4v) is 0.640. The van der Waals surface area contributed by atoms with Gasteiger partial charge in [0.05, 0.1) is 0 Å². The number of amides is 1. The summed E-state index contributed by atoms with van der Waals surface area (Å²) in [7, 11) is 0. The van der Waals surface area contributed by atoms with Crippen molar-refractivity contribution in [3.63, 3.8) is 0 Å². The average molecular weight is 145 g/mol. The molecule has 0 saturated carbocycles. The molecule has 0 fully saturated rings. The van der Waals surface area contributed by atoms with E-state index in [2.05, 4.69) is 5.32 Å². The van der Waals surface area contributed by atoms with Crippen molar-refractivity contribution in [2.75, 3.05) is 13.2 Å². The summed E-state index contributed by atoms with van der Waals surface area (Å²) in [5, 5.41) is 11.2. The molecule has 60 valence electrons. The summed E-state index contributed by atoms with van der Waals surface area (Å²) in [5.41, 5.74) is 0. The minimum absolute atomic E-state index is 0.00945.